The van der Waals surface area contributed by atoms with Crippen molar-refractivity contribution in [3.05, 3.63) is 78.1 Å². The Balaban J connectivity index is 1.40. The third-order valence-corrected chi connectivity index (χ3v) is 3.94. The fourth-order valence-electron chi connectivity index (χ4n) is 2.44. The zero-order chi connectivity index (χ0) is 19.1. The van der Waals surface area contributed by atoms with Crippen LogP contribution in [0.1, 0.15) is 29.3 Å². The number of hydrogen-bond acceptors (Lipinski definition) is 5. The van der Waals surface area contributed by atoms with Gasteiger partial charge in [-0.15, -0.1) is 0 Å². The largest absolute Gasteiger partial charge is 0.493 e. The maximum Gasteiger partial charge on any atom is 0.309 e. The Morgan fingerprint density at radius 3 is 2.41 bits per heavy atom. The third-order valence-electron chi connectivity index (χ3n) is 3.94. The zero-order valence-corrected chi connectivity index (χ0v) is 15.0. The predicted octanol–water partition coefficient (Wildman–Crippen LogP) is 3.59. The summed E-state index contributed by atoms with van der Waals surface area (Å²) in [6.07, 6.45) is 3.73. The summed E-state index contributed by atoms with van der Waals surface area (Å²) in [5.74, 6) is 0.288. The molecule has 3 rings (SSSR count). The van der Waals surface area contributed by atoms with E-state index in [-0.39, 0.29) is 31.4 Å². The highest BCUT2D eigenvalue weighted by Crippen LogP contribution is 2.13. The molecule has 0 aliphatic heterocycles. The number of aromatic nitrogens is 2. The molecule has 0 atom stereocenters. The first kappa shape index (κ1) is 18.4. The Bertz CT molecular complexity index is 885. The molecule has 3 aromatic rings. The SMILES string of the molecule is CC(=O)c1ccc(OCCC(=O)OCc2ccc(-n3cccn3)cc2)cc1. The van der Waals surface area contributed by atoms with E-state index in [1.165, 1.54) is 6.92 Å². The van der Waals surface area contributed by atoms with Gasteiger partial charge in [0.1, 0.15) is 12.4 Å². The summed E-state index contributed by atoms with van der Waals surface area (Å²) in [7, 11) is 0. The molecule has 0 N–H and O–H groups in total. The molecule has 0 amide bonds. The van der Waals surface area contributed by atoms with E-state index < -0.39 is 0 Å². The van der Waals surface area contributed by atoms with Crippen molar-refractivity contribution in [2.24, 2.45) is 0 Å². The van der Waals surface area contributed by atoms with Gasteiger partial charge < -0.3 is 9.47 Å². The van der Waals surface area contributed by atoms with Gasteiger partial charge in [0.2, 0.25) is 0 Å². The number of Topliss-reactive ketones (excluding diaryl/α,β-unsaturated/α-hetero) is 1. The molecule has 0 radical (unpaired) electrons. The van der Waals surface area contributed by atoms with E-state index in [1.54, 1.807) is 35.1 Å². The monoisotopic (exact) mass is 364 g/mol. The van der Waals surface area contributed by atoms with Crippen LogP contribution in [0.2, 0.25) is 0 Å². The van der Waals surface area contributed by atoms with E-state index >= 15 is 0 Å². The first-order chi connectivity index (χ1) is 13.1. The lowest BCUT2D eigenvalue weighted by Gasteiger charge is -2.08. The second-order valence-corrected chi connectivity index (χ2v) is 5.96. The molecular weight excluding hydrogens is 344 g/mol. The van der Waals surface area contributed by atoms with Gasteiger partial charge in [-0.1, -0.05) is 12.1 Å². The molecule has 27 heavy (non-hydrogen) atoms. The number of ether oxygens (including phenoxy) is 2. The van der Waals surface area contributed by atoms with E-state index in [4.69, 9.17) is 9.47 Å². The number of rotatable bonds is 8. The first-order valence-corrected chi connectivity index (χ1v) is 8.60. The van der Waals surface area contributed by atoms with Crippen LogP contribution in [0.15, 0.2) is 67.0 Å². The topological polar surface area (TPSA) is 70.4 Å². The van der Waals surface area contributed by atoms with Crippen LogP contribution < -0.4 is 4.74 Å². The quantitative estimate of drug-likeness (QED) is 0.451. The van der Waals surface area contributed by atoms with E-state index in [0.29, 0.717) is 11.3 Å². The van der Waals surface area contributed by atoms with E-state index in [9.17, 15) is 9.59 Å². The van der Waals surface area contributed by atoms with Gasteiger partial charge in [0.05, 0.1) is 18.7 Å². The molecule has 6 heteroatoms. The summed E-state index contributed by atoms with van der Waals surface area (Å²) in [6, 6.07) is 16.3. The van der Waals surface area contributed by atoms with Gasteiger partial charge in [0, 0.05) is 18.0 Å². The lowest BCUT2D eigenvalue weighted by Crippen LogP contribution is -2.10. The van der Waals surface area contributed by atoms with Crippen LogP contribution in [0.5, 0.6) is 5.75 Å². The first-order valence-electron chi connectivity index (χ1n) is 8.60. The molecule has 0 aliphatic rings. The van der Waals surface area contributed by atoms with Crippen molar-refractivity contribution in [3.63, 3.8) is 0 Å². The molecule has 1 heterocycles. The van der Waals surface area contributed by atoms with Crippen LogP contribution in [0.4, 0.5) is 0 Å². The number of esters is 1. The minimum absolute atomic E-state index is 0.00258. The van der Waals surface area contributed by atoms with Gasteiger partial charge in [0.15, 0.2) is 5.78 Å². The number of hydrogen-bond donors (Lipinski definition) is 0. The average molecular weight is 364 g/mol. The number of benzene rings is 2. The van der Waals surface area contributed by atoms with Crippen molar-refractivity contribution in [2.75, 3.05) is 6.61 Å². The molecule has 0 fully saturated rings. The minimum Gasteiger partial charge on any atom is -0.493 e. The molecule has 0 saturated carbocycles. The normalized spacial score (nSPS) is 10.4. The van der Waals surface area contributed by atoms with E-state index in [0.717, 1.165) is 11.3 Å². The maximum atomic E-state index is 11.8. The Morgan fingerprint density at radius 2 is 1.78 bits per heavy atom. The van der Waals surface area contributed by atoms with Crippen molar-refractivity contribution >= 4 is 11.8 Å². The molecule has 0 bridgehead atoms. The maximum absolute atomic E-state index is 11.8. The van der Waals surface area contributed by atoms with Crippen LogP contribution in [0.25, 0.3) is 5.69 Å². The predicted molar refractivity (Wildman–Crippen MR) is 99.9 cm³/mol. The second kappa shape index (κ2) is 8.80. The lowest BCUT2D eigenvalue weighted by atomic mass is 10.1. The number of carbonyl (C=O) groups is 2. The Morgan fingerprint density at radius 1 is 1.04 bits per heavy atom. The summed E-state index contributed by atoms with van der Waals surface area (Å²) >= 11 is 0. The van der Waals surface area contributed by atoms with E-state index in [1.807, 2.05) is 36.5 Å². The average Bonchev–Trinajstić information content (AvgIpc) is 3.22. The van der Waals surface area contributed by atoms with Gasteiger partial charge in [-0.05, 0) is 55.0 Å². The molecule has 1 aromatic heterocycles. The van der Waals surface area contributed by atoms with Gasteiger partial charge in [-0.3, -0.25) is 9.59 Å². The van der Waals surface area contributed by atoms with Gasteiger partial charge >= 0.3 is 5.97 Å². The molecular formula is C21H20N2O4. The summed E-state index contributed by atoms with van der Waals surface area (Å²) in [5.41, 5.74) is 2.47. The summed E-state index contributed by atoms with van der Waals surface area (Å²) < 4.78 is 12.5. The number of nitrogens with zero attached hydrogens (tertiary/aromatic N) is 2. The molecule has 6 nitrogen and oxygen atoms in total. The number of ketones is 1. The van der Waals surface area contributed by atoms with Crippen molar-refractivity contribution in [1.82, 2.24) is 9.78 Å². The van der Waals surface area contributed by atoms with Gasteiger partial charge in [-0.2, -0.15) is 5.10 Å². The molecule has 0 spiro atoms. The highest BCUT2D eigenvalue weighted by molar-refractivity contribution is 5.94. The van der Waals surface area contributed by atoms with Crippen molar-refractivity contribution < 1.29 is 19.1 Å². The van der Waals surface area contributed by atoms with Crippen LogP contribution >= 0.6 is 0 Å². The van der Waals surface area contributed by atoms with Crippen molar-refractivity contribution in [3.8, 4) is 11.4 Å². The van der Waals surface area contributed by atoms with E-state index in [2.05, 4.69) is 5.10 Å². The molecule has 2 aromatic carbocycles. The van der Waals surface area contributed by atoms with Gasteiger partial charge in [0.25, 0.3) is 0 Å². The minimum atomic E-state index is -0.327. The van der Waals surface area contributed by atoms with Crippen LogP contribution in [-0.2, 0) is 16.1 Å². The third kappa shape index (κ3) is 5.28. The fraction of sp³-hybridized carbons (Fsp3) is 0.190. The fourth-order valence-corrected chi connectivity index (χ4v) is 2.44. The van der Waals surface area contributed by atoms with Gasteiger partial charge in [-0.25, -0.2) is 4.68 Å². The summed E-state index contributed by atoms with van der Waals surface area (Å²) in [5, 5.41) is 4.16. The smallest absolute Gasteiger partial charge is 0.309 e. The van der Waals surface area contributed by atoms with Crippen molar-refractivity contribution in [1.29, 1.82) is 0 Å². The summed E-state index contributed by atoms with van der Waals surface area (Å²) in [4.78, 5) is 23.1. The Hall–Kier alpha value is -3.41. The standard InChI is InChI=1S/C21H20N2O4/c1-16(24)18-5-9-20(10-6-18)26-14-11-21(25)27-15-17-3-7-19(8-4-17)23-13-2-12-22-23/h2-10,12-13H,11,14-15H2,1H3. The number of carbonyl (C=O) groups excluding carboxylic acids is 2. The zero-order valence-electron chi connectivity index (χ0n) is 15.0. The summed E-state index contributed by atoms with van der Waals surface area (Å²) in [6.45, 7) is 1.94. The molecule has 0 unspecified atom stereocenters. The molecule has 138 valence electrons. The lowest BCUT2D eigenvalue weighted by molar-refractivity contribution is -0.145. The highest BCUT2D eigenvalue weighted by atomic mass is 16.5. The van der Waals surface area contributed by atoms with Crippen LogP contribution in [0, 0.1) is 0 Å². The van der Waals surface area contributed by atoms with Crippen molar-refractivity contribution in [2.45, 2.75) is 20.0 Å². The second-order valence-electron chi connectivity index (χ2n) is 5.96. The Labute approximate surface area is 157 Å². The van der Waals surface area contributed by atoms with Crippen LogP contribution in [0.3, 0.4) is 0 Å². The Kier molecular flexibility index (Phi) is 5.99. The van der Waals surface area contributed by atoms with Crippen LogP contribution in [-0.4, -0.2) is 28.1 Å². The highest BCUT2D eigenvalue weighted by Gasteiger charge is 2.06. The molecule has 0 saturated heterocycles. The molecule has 0 aliphatic carbocycles.